The molecule has 1 saturated heterocycles. The minimum Gasteiger partial charge on any atom is -0.378 e. The smallest absolute Gasteiger partial charge is 0.0576 e. The first-order chi connectivity index (χ1) is 7.99. The van der Waals surface area contributed by atoms with Crippen LogP contribution in [0.15, 0.2) is 0 Å². The Kier molecular flexibility index (Phi) is 4.14. The van der Waals surface area contributed by atoms with E-state index in [2.05, 4.69) is 26.1 Å². The van der Waals surface area contributed by atoms with E-state index in [1.54, 1.807) is 0 Å². The average molecular weight is 239 g/mol. The van der Waals surface area contributed by atoms with Crippen LogP contribution < -0.4 is 5.32 Å². The molecule has 1 saturated carbocycles. The Bertz CT molecular complexity index is 234. The summed E-state index contributed by atoms with van der Waals surface area (Å²) >= 11 is 0. The third-order valence-electron chi connectivity index (χ3n) is 4.43. The first-order valence-electron chi connectivity index (χ1n) is 7.36. The van der Waals surface area contributed by atoms with Gasteiger partial charge < -0.3 is 10.1 Å². The van der Waals surface area contributed by atoms with Crippen LogP contribution in [0.3, 0.4) is 0 Å². The normalized spacial score (nSPS) is 28.1. The predicted octanol–water partition coefficient (Wildman–Crippen LogP) is 3.50. The molecule has 1 heterocycles. The molecule has 0 spiro atoms. The first-order valence-corrected chi connectivity index (χ1v) is 7.36. The monoisotopic (exact) mass is 239 g/mol. The Balaban J connectivity index is 1.74. The van der Waals surface area contributed by atoms with Gasteiger partial charge >= 0.3 is 0 Å². The number of hydrogen-bond acceptors (Lipinski definition) is 2. The Hall–Kier alpha value is -0.0800. The summed E-state index contributed by atoms with van der Waals surface area (Å²) in [5.74, 6) is 0. The van der Waals surface area contributed by atoms with Crippen LogP contribution in [-0.4, -0.2) is 24.8 Å². The molecule has 2 aliphatic rings. The molecule has 1 aliphatic carbocycles. The molecule has 1 unspecified atom stereocenters. The molecule has 2 fully saturated rings. The second-order valence-electron chi connectivity index (χ2n) is 7.13. The molecule has 100 valence electrons. The molecule has 0 aromatic rings. The van der Waals surface area contributed by atoms with E-state index in [-0.39, 0.29) is 5.54 Å². The first kappa shape index (κ1) is 13.4. The van der Waals surface area contributed by atoms with E-state index in [1.165, 1.54) is 51.5 Å². The molecule has 1 atom stereocenters. The minimum absolute atomic E-state index is 0.256. The third-order valence-corrected chi connectivity index (χ3v) is 4.43. The van der Waals surface area contributed by atoms with E-state index in [0.29, 0.717) is 11.5 Å². The highest BCUT2D eigenvalue weighted by Crippen LogP contribution is 2.45. The van der Waals surface area contributed by atoms with Gasteiger partial charge in [-0.15, -0.1) is 0 Å². The van der Waals surface area contributed by atoms with Crippen LogP contribution in [0, 0.1) is 5.41 Å². The lowest BCUT2D eigenvalue weighted by Crippen LogP contribution is -2.47. The van der Waals surface area contributed by atoms with Crippen molar-refractivity contribution in [3.63, 3.8) is 0 Å². The van der Waals surface area contributed by atoms with Gasteiger partial charge in [0.25, 0.3) is 0 Å². The zero-order valence-electron chi connectivity index (χ0n) is 11.8. The van der Waals surface area contributed by atoms with E-state index in [4.69, 9.17) is 4.74 Å². The second-order valence-corrected chi connectivity index (χ2v) is 7.13. The van der Waals surface area contributed by atoms with E-state index >= 15 is 0 Å². The van der Waals surface area contributed by atoms with Gasteiger partial charge in [0.1, 0.15) is 0 Å². The molecular weight excluding hydrogens is 210 g/mol. The summed E-state index contributed by atoms with van der Waals surface area (Å²) < 4.78 is 5.74. The van der Waals surface area contributed by atoms with Gasteiger partial charge in [-0.25, -0.2) is 0 Å². The molecular formula is C15H29NO. The van der Waals surface area contributed by atoms with Crippen molar-refractivity contribution in [2.45, 2.75) is 77.4 Å². The lowest BCUT2D eigenvalue weighted by molar-refractivity contribution is 0.0556. The summed E-state index contributed by atoms with van der Waals surface area (Å²) in [6, 6.07) is 0. The van der Waals surface area contributed by atoms with Gasteiger partial charge in [0.2, 0.25) is 0 Å². The molecule has 17 heavy (non-hydrogen) atoms. The van der Waals surface area contributed by atoms with Crippen LogP contribution >= 0.6 is 0 Å². The molecule has 2 heteroatoms. The largest absolute Gasteiger partial charge is 0.378 e. The summed E-state index contributed by atoms with van der Waals surface area (Å²) in [7, 11) is 0. The summed E-state index contributed by atoms with van der Waals surface area (Å²) in [6.45, 7) is 8.99. The predicted molar refractivity (Wildman–Crippen MR) is 72.2 cm³/mol. The topological polar surface area (TPSA) is 21.3 Å². The van der Waals surface area contributed by atoms with Crippen molar-refractivity contribution in [1.29, 1.82) is 0 Å². The van der Waals surface area contributed by atoms with Crippen LogP contribution in [-0.2, 0) is 4.74 Å². The van der Waals surface area contributed by atoms with Crippen molar-refractivity contribution in [3.8, 4) is 0 Å². The molecule has 1 N–H and O–H groups in total. The Morgan fingerprint density at radius 3 is 2.47 bits per heavy atom. The highest BCUT2D eigenvalue weighted by atomic mass is 16.5. The van der Waals surface area contributed by atoms with Crippen molar-refractivity contribution in [1.82, 2.24) is 5.32 Å². The molecule has 0 radical (unpaired) electrons. The highest BCUT2D eigenvalue weighted by molar-refractivity contribution is 4.92. The average Bonchev–Trinajstić information content (AvgIpc) is 2.66. The molecule has 1 aliphatic heterocycles. The van der Waals surface area contributed by atoms with Gasteiger partial charge in [-0.05, 0) is 64.7 Å². The Morgan fingerprint density at radius 2 is 2.00 bits per heavy atom. The van der Waals surface area contributed by atoms with E-state index < -0.39 is 0 Å². The van der Waals surface area contributed by atoms with Gasteiger partial charge in [-0.1, -0.05) is 6.42 Å². The summed E-state index contributed by atoms with van der Waals surface area (Å²) in [4.78, 5) is 0. The Labute approximate surface area is 107 Å². The molecule has 2 nitrogen and oxygen atoms in total. The van der Waals surface area contributed by atoms with E-state index in [0.717, 1.165) is 6.61 Å². The zero-order chi connectivity index (χ0) is 12.4. The van der Waals surface area contributed by atoms with Gasteiger partial charge in [0, 0.05) is 18.7 Å². The number of rotatable bonds is 5. The summed E-state index contributed by atoms with van der Waals surface area (Å²) in [6.07, 6.45) is 10.1. The van der Waals surface area contributed by atoms with Gasteiger partial charge in [0.05, 0.1) is 6.10 Å². The van der Waals surface area contributed by atoms with Crippen LogP contribution in [0.1, 0.15) is 65.7 Å². The number of ether oxygens (including phenoxy) is 1. The fourth-order valence-electron chi connectivity index (χ4n) is 2.98. The molecule has 0 aromatic heterocycles. The second kappa shape index (κ2) is 5.27. The zero-order valence-corrected chi connectivity index (χ0v) is 11.8. The van der Waals surface area contributed by atoms with Gasteiger partial charge in [0.15, 0.2) is 0 Å². The lowest BCUT2D eigenvalue weighted by atomic mass is 9.65. The molecule has 0 aromatic carbocycles. The Morgan fingerprint density at radius 1 is 1.24 bits per heavy atom. The standard InChI is InChI=1S/C15H29NO/c1-14(2,3)16-12-15(8-5-9-15)10-7-13-6-4-11-17-13/h13,16H,4-12H2,1-3H3. The fourth-order valence-corrected chi connectivity index (χ4v) is 2.98. The fraction of sp³-hybridized carbons (Fsp3) is 1.00. The maximum absolute atomic E-state index is 5.74. The van der Waals surface area contributed by atoms with Crippen LogP contribution in [0.5, 0.6) is 0 Å². The maximum Gasteiger partial charge on any atom is 0.0576 e. The van der Waals surface area contributed by atoms with Gasteiger partial charge in [-0.2, -0.15) is 0 Å². The van der Waals surface area contributed by atoms with Gasteiger partial charge in [-0.3, -0.25) is 0 Å². The van der Waals surface area contributed by atoms with Crippen molar-refractivity contribution in [2.75, 3.05) is 13.2 Å². The summed E-state index contributed by atoms with van der Waals surface area (Å²) in [5, 5.41) is 3.70. The van der Waals surface area contributed by atoms with Crippen molar-refractivity contribution in [3.05, 3.63) is 0 Å². The summed E-state index contributed by atoms with van der Waals surface area (Å²) in [5.41, 5.74) is 0.853. The van der Waals surface area contributed by atoms with Crippen LogP contribution in [0.4, 0.5) is 0 Å². The number of hydrogen-bond donors (Lipinski definition) is 1. The number of nitrogens with one attached hydrogen (secondary N) is 1. The third kappa shape index (κ3) is 3.96. The van der Waals surface area contributed by atoms with Crippen molar-refractivity contribution < 1.29 is 4.74 Å². The van der Waals surface area contributed by atoms with Crippen molar-refractivity contribution >= 4 is 0 Å². The lowest BCUT2D eigenvalue weighted by Gasteiger charge is -2.44. The van der Waals surface area contributed by atoms with E-state index in [9.17, 15) is 0 Å². The molecule has 0 amide bonds. The van der Waals surface area contributed by atoms with Crippen molar-refractivity contribution in [2.24, 2.45) is 5.41 Å². The maximum atomic E-state index is 5.74. The van der Waals surface area contributed by atoms with Crippen LogP contribution in [0.25, 0.3) is 0 Å². The molecule has 0 bridgehead atoms. The van der Waals surface area contributed by atoms with E-state index in [1.807, 2.05) is 0 Å². The SMILES string of the molecule is CC(C)(C)NCC1(CCC2CCCO2)CCC1. The minimum atomic E-state index is 0.256. The van der Waals surface area contributed by atoms with Crippen LogP contribution in [0.2, 0.25) is 0 Å². The molecule has 2 rings (SSSR count). The quantitative estimate of drug-likeness (QED) is 0.793. The highest BCUT2D eigenvalue weighted by Gasteiger charge is 2.37.